The largest absolute Gasteiger partial charge is 0.395 e. The van der Waals surface area contributed by atoms with E-state index in [0.29, 0.717) is 18.2 Å². The van der Waals surface area contributed by atoms with Crippen LogP contribution in [0.1, 0.15) is 30.4 Å². The van der Waals surface area contributed by atoms with Crippen molar-refractivity contribution in [3.05, 3.63) is 23.4 Å². The van der Waals surface area contributed by atoms with E-state index in [1.807, 2.05) is 13.0 Å². The van der Waals surface area contributed by atoms with Gasteiger partial charge in [0.15, 0.2) is 0 Å². The molecule has 5 heteroatoms. The molecule has 0 amide bonds. The predicted octanol–water partition coefficient (Wildman–Crippen LogP) is 1.03. The van der Waals surface area contributed by atoms with E-state index in [2.05, 4.69) is 9.88 Å². The number of nitrogens with one attached hydrogen (secondary N) is 1. The van der Waals surface area contributed by atoms with Crippen LogP contribution in [0.3, 0.4) is 0 Å². The summed E-state index contributed by atoms with van der Waals surface area (Å²) >= 11 is 0. The normalized spacial score (nSPS) is 15.2. The molecular weight excluding hydrogens is 228 g/mol. The number of anilines is 1. The Kier molecular flexibility index (Phi) is 3.81. The lowest BCUT2D eigenvalue weighted by Crippen LogP contribution is -2.43. The lowest BCUT2D eigenvalue weighted by Gasteiger charge is -2.39. The van der Waals surface area contributed by atoms with Gasteiger partial charge in [0.1, 0.15) is 11.7 Å². The number of aryl methyl sites for hydroxylation is 1. The minimum Gasteiger partial charge on any atom is -0.395 e. The van der Waals surface area contributed by atoms with Crippen molar-refractivity contribution in [2.75, 3.05) is 18.1 Å². The number of nitrogens with zero attached hydrogens (tertiary/aromatic N) is 2. The highest BCUT2D eigenvalue weighted by Crippen LogP contribution is 2.30. The maximum Gasteiger partial charge on any atom is 0.140 e. The van der Waals surface area contributed by atoms with Gasteiger partial charge in [-0.05, 0) is 37.8 Å². The second-order valence-electron chi connectivity index (χ2n) is 4.74. The molecule has 2 rings (SSSR count). The Morgan fingerprint density at radius 1 is 1.61 bits per heavy atom. The summed E-state index contributed by atoms with van der Waals surface area (Å²) in [6, 6.07) is 2.28. The highest BCUT2D eigenvalue weighted by atomic mass is 16.3. The molecule has 1 aromatic rings. The lowest BCUT2D eigenvalue weighted by atomic mass is 9.91. The molecule has 1 heterocycles. The summed E-state index contributed by atoms with van der Waals surface area (Å²) in [4.78, 5) is 6.47. The molecule has 4 N–H and O–H groups in total. The highest BCUT2D eigenvalue weighted by Gasteiger charge is 2.28. The highest BCUT2D eigenvalue weighted by molar-refractivity contribution is 6.01. The zero-order valence-electron chi connectivity index (χ0n) is 10.7. The fraction of sp³-hybridized carbons (Fsp3) is 0.538. The minimum absolute atomic E-state index is 0.0397. The molecule has 0 aromatic carbocycles. The smallest absolute Gasteiger partial charge is 0.140 e. The number of nitrogens with two attached hydrogens (primary N) is 1. The average molecular weight is 248 g/mol. The maximum absolute atomic E-state index is 9.21. The van der Waals surface area contributed by atoms with Crippen LogP contribution in [0.15, 0.2) is 12.3 Å². The zero-order chi connectivity index (χ0) is 13.1. The SMILES string of the molecule is Cc1ccnc(N(CCO)C2CCC2)c1C(=N)N. The van der Waals surface area contributed by atoms with E-state index in [1.54, 1.807) is 6.20 Å². The van der Waals surface area contributed by atoms with Crippen molar-refractivity contribution >= 4 is 11.7 Å². The third-order valence-corrected chi connectivity index (χ3v) is 3.54. The van der Waals surface area contributed by atoms with Crippen molar-refractivity contribution in [2.45, 2.75) is 32.2 Å². The van der Waals surface area contributed by atoms with Crippen LogP contribution in [-0.2, 0) is 0 Å². The van der Waals surface area contributed by atoms with Gasteiger partial charge >= 0.3 is 0 Å². The van der Waals surface area contributed by atoms with Gasteiger partial charge in [-0.15, -0.1) is 0 Å². The molecule has 0 saturated heterocycles. The third kappa shape index (κ3) is 2.31. The summed E-state index contributed by atoms with van der Waals surface area (Å²) in [5, 5.41) is 16.9. The molecular formula is C13H20N4O. The molecule has 0 unspecified atom stereocenters. The van der Waals surface area contributed by atoms with Crippen LogP contribution >= 0.6 is 0 Å². The van der Waals surface area contributed by atoms with E-state index < -0.39 is 0 Å². The van der Waals surface area contributed by atoms with Crippen molar-refractivity contribution in [3.8, 4) is 0 Å². The van der Waals surface area contributed by atoms with Gasteiger partial charge in [-0.2, -0.15) is 0 Å². The zero-order valence-corrected chi connectivity index (χ0v) is 10.7. The Labute approximate surface area is 107 Å². The summed E-state index contributed by atoms with van der Waals surface area (Å²) in [7, 11) is 0. The molecule has 18 heavy (non-hydrogen) atoms. The van der Waals surface area contributed by atoms with Crippen molar-refractivity contribution in [1.82, 2.24) is 4.98 Å². The van der Waals surface area contributed by atoms with Gasteiger partial charge in [0.25, 0.3) is 0 Å². The molecule has 1 aliphatic rings. The van der Waals surface area contributed by atoms with Gasteiger partial charge in [-0.3, -0.25) is 5.41 Å². The predicted molar refractivity (Wildman–Crippen MR) is 72.1 cm³/mol. The number of hydrogen-bond donors (Lipinski definition) is 3. The lowest BCUT2D eigenvalue weighted by molar-refractivity contribution is 0.283. The number of hydrogen-bond acceptors (Lipinski definition) is 4. The van der Waals surface area contributed by atoms with E-state index in [1.165, 1.54) is 6.42 Å². The summed E-state index contributed by atoms with van der Waals surface area (Å²) in [5.74, 6) is 0.777. The Morgan fingerprint density at radius 2 is 2.33 bits per heavy atom. The van der Waals surface area contributed by atoms with Crippen molar-refractivity contribution in [2.24, 2.45) is 5.73 Å². The van der Waals surface area contributed by atoms with Crippen molar-refractivity contribution in [3.63, 3.8) is 0 Å². The summed E-state index contributed by atoms with van der Waals surface area (Å²) in [6.45, 7) is 2.56. The molecule has 0 bridgehead atoms. The first kappa shape index (κ1) is 12.8. The van der Waals surface area contributed by atoms with Gasteiger partial charge in [0, 0.05) is 18.8 Å². The first-order chi connectivity index (χ1) is 8.65. The molecule has 1 aromatic heterocycles. The second-order valence-corrected chi connectivity index (χ2v) is 4.74. The van der Waals surface area contributed by atoms with Gasteiger partial charge < -0.3 is 15.7 Å². The average Bonchev–Trinajstić information content (AvgIpc) is 2.25. The van der Waals surface area contributed by atoms with Crippen LogP contribution in [0.25, 0.3) is 0 Å². The van der Waals surface area contributed by atoms with Crippen LogP contribution in [0, 0.1) is 12.3 Å². The summed E-state index contributed by atoms with van der Waals surface area (Å²) < 4.78 is 0. The number of aromatic nitrogens is 1. The maximum atomic E-state index is 9.21. The summed E-state index contributed by atoms with van der Waals surface area (Å²) in [5.41, 5.74) is 7.31. The molecule has 0 atom stereocenters. The fourth-order valence-electron chi connectivity index (χ4n) is 2.36. The van der Waals surface area contributed by atoms with E-state index in [0.717, 1.165) is 24.2 Å². The second kappa shape index (κ2) is 5.35. The Morgan fingerprint density at radius 3 is 2.83 bits per heavy atom. The fourth-order valence-corrected chi connectivity index (χ4v) is 2.36. The monoisotopic (exact) mass is 248 g/mol. The third-order valence-electron chi connectivity index (χ3n) is 3.54. The van der Waals surface area contributed by atoms with Crippen LogP contribution in [0.2, 0.25) is 0 Å². The number of pyridine rings is 1. The number of aliphatic hydroxyl groups is 1. The minimum atomic E-state index is 0.0397. The van der Waals surface area contributed by atoms with Gasteiger partial charge in [-0.1, -0.05) is 0 Å². The molecule has 0 aliphatic heterocycles. The van der Waals surface area contributed by atoms with Crippen molar-refractivity contribution in [1.29, 1.82) is 5.41 Å². The van der Waals surface area contributed by atoms with E-state index in [4.69, 9.17) is 11.1 Å². The quantitative estimate of drug-likeness (QED) is 0.536. The number of aliphatic hydroxyl groups excluding tert-OH is 1. The Hall–Kier alpha value is -1.62. The van der Waals surface area contributed by atoms with E-state index >= 15 is 0 Å². The number of rotatable bonds is 5. The topological polar surface area (TPSA) is 86.2 Å². The summed E-state index contributed by atoms with van der Waals surface area (Å²) in [6.07, 6.45) is 5.19. The molecule has 1 fully saturated rings. The molecule has 1 saturated carbocycles. The van der Waals surface area contributed by atoms with Gasteiger partial charge in [0.05, 0.1) is 12.2 Å². The van der Waals surface area contributed by atoms with Gasteiger partial charge in [-0.25, -0.2) is 4.98 Å². The van der Waals surface area contributed by atoms with Crippen LogP contribution in [-0.4, -0.2) is 35.1 Å². The first-order valence-corrected chi connectivity index (χ1v) is 6.32. The number of amidine groups is 1. The van der Waals surface area contributed by atoms with Crippen LogP contribution < -0.4 is 10.6 Å². The Balaban J connectivity index is 2.39. The first-order valence-electron chi connectivity index (χ1n) is 6.32. The molecule has 98 valence electrons. The standard InChI is InChI=1S/C13H20N4O/c1-9-5-6-16-13(11(9)12(14)15)17(7-8-18)10-3-2-4-10/h5-6,10,18H,2-4,7-8H2,1H3,(H3,14,15). The van der Waals surface area contributed by atoms with Crippen LogP contribution in [0.4, 0.5) is 5.82 Å². The molecule has 0 spiro atoms. The van der Waals surface area contributed by atoms with Gasteiger partial charge in [0.2, 0.25) is 0 Å². The molecule has 0 radical (unpaired) electrons. The molecule has 5 nitrogen and oxygen atoms in total. The molecule has 1 aliphatic carbocycles. The number of nitrogen functional groups attached to an aromatic ring is 1. The Bertz CT molecular complexity index is 443. The van der Waals surface area contributed by atoms with Crippen molar-refractivity contribution < 1.29 is 5.11 Å². The van der Waals surface area contributed by atoms with E-state index in [9.17, 15) is 5.11 Å². The van der Waals surface area contributed by atoms with E-state index in [-0.39, 0.29) is 12.4 Å². The van der Waals surface area contributed by atoms with Crippen LogP contribution in [0.5, 0.6) is 0 Å².